The van der Waals surface area contributed by atoms with Crippen molar-refractivity contribution in [3.63, 3.8) is 0 Å². The number of pyridine rings is 1. The van der Waals surface area contributed by atoms with E-state index in [1.165, 1.54) is 0 Å². The fourth-order valence-corrected chi connectivity index (χ4v) is 2.64. The van der Waals surface area contributed by atoms with Crippen LogP contribution in [0.15, 0.2) is 56.1 Å². The van der Waals surface area contributed by atoms with Crippen LogP contribution in [0, 0.1) is 0 Å². The molecule has 2 heterocycles. The van der Waals surface area contributed by atoms with Crippen molar-refractivity contribution in [2.24, 2.45) is 0 Å². The molecule has 0 aliphatic heterocycles. The highest BCUT2D eigenvalue weighted by Crippen LogP contribution is 2.28. The fourth-order valence-electron chi connectivity index (χ4n) is 2.03. The van der Waals surface area contributed by atoms with Crippen LogP contribution in [0.25, 0.3) is 11.0 Å². The third-order valence-electron chi connectivity index (χ3n) is 3.03. The van der Waals surface area contributed by atoms with E-state index in [9.17, 15) is 0 Å². The van der Waals surface area contributed by atoms with Gasteiger partial charge in [-0.2, -0.15) is 0 Å². The molecule has 20 heavy (non-hydrogen) atoms. The predicted octanol–water partition coefficient (Wildman–Crippen LogP) is 5.53. The summed E-state index contributed by atoms with van der Waals surface area (Å²) < 4.78 is 7.74. The molecule has 1 unspecified atom stereocenters. The van der Waals surface area contributed by atoms with Gasteiger partial charge in [-0.1, -0.05) is 15.9 Å². The molecule has 102 valence electrons. The summed E-state index contributed by atoms with van der Waals surface area (Å²) in [6.07, 6.45) is 1.79. The lowest BCUT2D eigenvalue weighted by atomic mass is 10.2. The highest BCUT2D eigenvalue weighted by Gasteiger charge is 2.11. The van der Waals surface area contributed by atoms with Gasteiger partial charge in [0.15, 0.2) is 0 Å². The van der Waals surface area contributed by atoms with Gasteiger partial charge >= 0.3 is 0 Å². The van der Waals surface area contributed by atoms with Gasteiger partial charge in [-0.05, 0) is 59.3 Å². The average Bonchev–Trinajstić information content (AvgIpc) is 2.84. The van der Waals surface area contributed by atoms with Crippen LogP contribution in [0.3, 0.4) is 0 Å². The summed E-state index contributed by atoms with van der Waals surface area (Å²) >= 11 is 6.79. The third kappa shape index (κ3) is 2.88. The molecule has 0 radical (unpaired) electrons. The van der Waals surface area contributed by atoms with Crippen molar-refractivity contribution >= 4 is 48.5 Å². The Morgan fingerprint density at radius 2 is 2.00 bits per heavy atom. The first kappa shape index (κ1) is 13.6. The molecule has 2 aromatic heterocycles. The molecule has 3 rings (SSSR count). The number of halogens is 2. The average molecular weight is 396 g/mol. The van der Waals surface area contributed by atoms with Gasteiger partial charge < -0.3 is 9.73 Å². The second-order valence-corrected chi connectivity index (χ2v) is 6.29. The molecule has 0 amide bonds. The first-order valence-electron chi connectivity index (χ1n) is 6.19. The van der Waals surface area contributed by atoms with Crippen molar-refractivity contribution in [3.8, 4) is 0 Å². The van der Waals surface area contributed by atoms with Crippen molar-refractivity contribution in [1.82, 2.24) is 4.98 Å². The molecular formula is C15H12Br2N2O. The van der Waals surface area contributed by atoms with Crippen LogP contribution >= 0.6 is 31.9 Å². The summed E-state index contributed by atoms with van der Waals surface area (Å²) in [7, 11) is 0. The minimum absolute atomic E-state index is 0.0733. The summed E-state index contributed by atoms with van der Waals surface area (Å²) in [5, 5.41) is 4.47. The number of nitrogens with one attached hydrogen (secondary N) is 1. The van der Waals surface area contributed by atoms with Gasteiger partial charge in [0.25, 0.3) is 0 Å². The number of aromatic nitrogens is 1. The van der Waals surface area contributed by atoms with E-state index in [0.29, 0.717) is 0 Å². The van der Waals surface area contributed by atoms with Crippen molar-refractivity contribution in [2.45, 2.75) is 13.0 Å². The second kappa shape index (κ2) is 5.58. The van der Waals surface area contributed by atoms with Gasteiger partial charge in [0.05, 0.1) is 17.9 Å². The first-order valence-corrected chi connectivity index (χ1v) is 7.77. The summed E-state index contributed by atoms with van der Waals surface area (Å²) in [6, 6.07) is 12.0. The molecule has 0 saturated heterocycles. The monoisotopic (exact) mass is 394 g/mol. The molecular weight excluding hydrogens is 384 g/mol. The normalized spacial score (nSPS) is 12.6. The molecule has 0 aliphatic carbocycles. The first-order chi connectivity index (χ1) is 9.61. The van der Waals surface area contributed by atoms with Crippen LogP contribution in [0.1, 0.15) is 18.7 Å². The molecule has 0 spiro atoms. The number of benzene rings is 1. The Balaban J connectivity index is 1.84. The zero-order valence-corrected chi connectivity index (χ0v) is 13.9. The van der Waals surface area contributed by atoms with Gasteiger partial charge in [0.1, 0.15) is 15.9 Å². The molecule has 5 heteroatoms. The standard InChI is InChI=1S/C15H12Br2N2O/c1-9(19-12-3-5-15(17)18-8-12)14-7-10-6-11(16)2-4-13(10)20-14/h2-9,19H,1H3. The van der Waals surface area contributed by atoms with Crippen molar-refractivity contribution in [3.05, 3.63) is 57.4 Å². The highest BCUT2D eigenvalue weighted by molar-refractivity contribution is 9.10. The number of hydrogen-bond acceptors (Lipinski definition) is 3. The molecule has 3 nitrogen and oxygen atoms in total. The SMILES string of the molecule is CC(Nc1ccc(Br)nc1)c1cc2cc(Br)ccc2o1. The van der Waals surface area contributed by atoms with Crippen LogP contribution < -0.4 is 5.32 Å². The molecule has 0 bridgehead atoms. The maximum absolute atomic E-state index is 5.87. The summed E-state index contributed by atoms with van der Waals surface area (Å²) in [6.45, 7) is 2.06. The molecule has 1 aromatic carbocycles. The topological polar surface area (TPSA) is 38.1 Å². The van der Waals surface area contributed by atoms with Gasteiger partial charge in [0, 0.05) is 9.86 Å². The second-order valence-electron chi connectivity index (χ2n) is 4.57. The molecule has 0 aliphatic rings. The van der Waals surface area contributed by atoms with Crippen molar-refractivity contribution in [2.75, 3.05) is 5.32 Å². The molecule has 0 fully saturated rings. The summed E-state index contributed by atoms with van der Waals surface area (Å²) in [5.74, 6) is 0.904. The minimum Gasteiger partial charge on any atom is -0.459 e. The number of hydrogen-bond donors (Lipinski definition) is 1. The van der Waals surface area contributed by atoms with Crippen LogP contribution in [-0.4, -0.2) is 4.98 Å². The number of rotatable bonds is 3. The van der Waals surface area contributed by atoms with Crippen molar-refractivity contribution < 1.29 is 4.42 Å². The Labute approximate surface area is 133 Å². The Hall–Kier alpha value is -1.33. The smallest absolute Gasteiger partial charge is 0.134 e. The van der Waals surface area contributed by atoms with Gasteiger partial charge in [-0.25, -0.2) is 4.98 Å². The van der Waals surface area contributed by atoms with E-state index >= 15 is 0 Å². The van der Waals surface area contributed by atoms with E-state index in [0.717, 1.165) is 31.5 Å². The number of furan rings is 1. The minimum atomic E-state index is 0.0733. The lowest BCUT2D eigenvalue weighted by molar-refractivity contribution is 0.526. The quantitative estimate of drug-likeness (QED) is 0.592. The van der Waals surface area contributed by atoms with E-state index in [4.69, 9.17) is 4.42 Å². The Morgan fingerprint density at radius 3 is 2.75 bits per heavy atom. The predicted molar refractivity (Wildman–Crippen MR) is 87.9 cm³/mol. The third-order valence-corrected chi connectivity index (χ3v) is 4.00. The maximum atomic E-state index is 5.87. The van der Waals surface area contributed by atoms with Crippen LogP contribution in [-0.2, 0) is 0 Å². The number of fused-ring (bicyclic) bond motifs is 1. The fraction of sp³-hybridized carbons (Fsp3) is 0.133. The zero-order chi connectivity index (χ0) is 14.1. The van der Waals surface area contributed by atoms with Crippen molar-refractivity contribution in [1.29, 1.82) is 0 Å². The lowest BCUT2D eigenvalue weighted by Crippen LogP contribution is -2.05. The molecule has 3 aromatic rings. The molecule has 0 saturated carbocycles. The Kier molecular flexibility index (Phi) is 3.81. The number of nitrogens with zero attached hydrogens (tertiary/aromatic N) is 1. The van der Waals surface area contributed by atoms with Gasteiger partial charge in [-0.15, -0.1) is 0 Å². The maximum Gasteiger partial charge on any atom is 0.134 e. The van der Waals surface area contributed by atoms with E-state index in [2.05, 4.69) is 61.2 Å². The van der Waals surface area contributed by atoms with Gasteiger partial charge in [0.2, 0.25) is 0 Å². The van der Waals surface area contributed by atoms with E-state index in [1.54, 1.807) is 6.20 Å². The summed E-state index contributed by atoms with van der Waals surface area (Å²) in [4.78, 5) is 4.20. The van der Waals surface area contributed by atoms with Crippen LogP contribution in [0.5, 0.6) is 0 Å². The summed E-state index contributed by atoms with van der Waals surface area (Å²) in [5.41, 5.74) is 1.85. The van der Waals surface area contributed by atoms with Gasteiger partial charge in [-0.3, -0.25) is 0 Å². The Bertz CT molecular complexity index is 737. The Morgan fingerprint density at radius 1 is 1.15 bits per heavy atom. The highest BCUT2D eigenvalue weighted by atomic mass is 79.9. The zero-order valence-electron chi connectivity index (χ0n) is 10.7. The molecule has 1 atom stereocenters. The van der Waals surface area contributed by atoms with E-state index < -0.39 is 0 Å². The van der Waals surface area contributed by atoms with Crippen LogP contribution in [0.2, 0.25) is 0 Å². The number of anilines is 1. The van der Waals surface area contributed by atoms with E-state index in [-0.39, 0.29) is 6.04 Å². The van der Waals surface area contributed by atoms with Crippen LogP contribution in [0.4, 0.5) is 5.69 Å². The largest absolute Gasteiger partial charge is 0.459 e. The lowest BCUT2D eigenvalue weighted by Gasteiger charge is -2.12. The molecule has 1 N–H and O–H groups in total. The van der Waals surface area contributed by atoms with E-state index in [1.807, 2.05) is 24.3 Å².